The molecule has 2 aromatic rings. The molecule has 2 aromatic carbocycles. The average molecular weight is 329 g/mol. The molecule has 1 amide bonds. The van der Waals surface area contributed by atoms with Crippen molar-refractivity contribution in [2.24, 2.45) is 0 Å². The Balaban J connectivity index is 1.70. The number of anilines is 1. The van der Waals surface area contributed by atoms with Gasteiger partial charge in [-0.1, -0.05) is 41.9 Å². The molecule has 1 aliphatic rings. The van der Waals surface area contributed by atoms with Crippen molar-refractivity contribution in [2.75, 3.05) is 11.9 Å². The van der Waals surface area contributed by atoms with Crippen LogP contribution in [-0.4, -0.2) is 23.4 Å². The third-order valence-corrected chi connectivity index (χ3v) is 5.02. The maximum absolute atomic E-state index is 12.6. The molecule has 0 unspecified atom stereocenters. The molecule has 4 heteroatoms. The third-order valence-electron chi connectivity index (χ3n) is 4.61. The van der Waals surface area contributed by atoms with E-state index in [1.807, 2.05) is 32.0 Å². The zero-order valence-corrected chi connectivity index (χ0v) is 14.2. The maximum Gasteiger partial charge on any atom is 0.241 e. The van der Waals surface area contributed by atoms with Crippen molar-refractivity contribution in [1.82, 2.24) is 4.90 Å². The van der Waals surface area contributed by atoms with Gasteiger partial charge in [0.05, 0.1) is 6.04 Å². The summed E-state index contributed by atoms with van der Waals surface area (Å²) >= 11 is 6.12. The predicted molar refractivity (Wildman–Crippen MR) is 94.8 cm³/mol. The Morgan fingerprint density at radius 1 is 1.17 bits per heavy atom. The van der Waals surface area contributed by atoms with E-state index in [0.717, 1.165) is 30.8 Å². The fourth-order valence-corrected chi connectivity index (χ4v) is 3.17. The van der Waals surface area contributed by atoms with Gasteiger partial charge in [-0.25, -0.2) is 0 Å². The molecule has 0 saturated carbocycles. The van der Waals surface area contributed by atoms with Crippen molar-refractivity contribution in [1.29, 1.82) is 0 Å². The zero-order chi connectivity index (χ0) is 16.4. The molecule has 1 atom stereocenters. The van der Waals surface area contributed by atoms with Crippen LogP contribution < -0.4 is 5.32 Å². The SMILES string of the molecule is Cc1c(Cl)cccc1NC(=O)[C@@H](C)N1CCc2ccccc2C1. The number of hydrogen-bond acceptors (Lipinski definition) is 2. The molecule has 1 heterocycles. The number of nitrogens with zero attached hydrogens (tertiary/aromatic N) is 1. The number of benzene rings is 2. The molecule has 1 N–H and O–H groups in total. The number of hydrogen-bond donors (Lipinski definition) is 1. The Morgan fingerprint density at radius 3 is 2.70 bits per heavy atom. The summed E-state index contributed by atoms with van der Waals surface area (Å²) in [6.07, 6.45) is 0.990. The van der Waals surface area contributed by atoms with Gasteiger partial charge in [-0.15, -0.1) is 0 Å². The van der Waals surface area contributed by atoms with E-state index >= 15 is 0 Å². The summed E-state index contributed by atoms with van der Waals surface area (Å²) < 4.78 is 0. The highest BCUT2D eigenvalue weighted by Gasteiger charge is 2.25. The minimum Gasteiger partial charge on any atom is -0.324 e. The molecule has 1 aliphatic heterocycles. The van der Waals surface area contributed by atoms with Gasteiger partial charge in [0.2, 0.25) is 5.91 Å². The van der Waals surface area contributed by atoms with E-state index in [-0.39, 0.29) is 11.9 Å². The van der Waals surface area contributed by atoms with Crippen LogP contribution in [0.2, 0.25) is 5.02 Å². The minimum absolute atomic E-state index is 0.00903. The second kappa shape index (κ2) is 6.73. The van der Waals surface area contributed by atoms with Crippen LogP contribution in [0.25, 0.3) is 0 Å². The molecular weight excluding hydrogens is 308 g/mol. The van der Waals surface area contributed by atoms with Gasteiger partial charge in [-0.3, -0.25) is 9.69 Å². The number of halogens is 1. The summed E-state index contributed by atoms with van der Waals surface area (Å²) in [5, 5.41) is 3.68. The van der Waals surface area contributed by atoms with Gasteiger partial charge in [-0.2, -0.15) is 0 Å². The van der Waals surface area contributed by atoms with E-state index in [1.165, 1.54) is 11.1 Å². The van der Waals surface area contributed by atoms with E-state index in [2.05, 4.69) is 34.5 Å². The Kier molecular flexibility index (Phi) is 4.69. The number of carbonyl (C=O) groups is 1. The van der Waals surface area contributed by atoms with Crippen molar-refractivity contribution in [3.63, 3.8) is 0 Å². The van der Waals surface area contributed by atoms with Gasteiger partial charge >= 0.3 is 0 Å². The quantitative estimate of drug-likeness (QED) is 0.922. The first-order chi connectivity index (χ1) is 11.1. The second-order valence-corrected chi connectivity index (χ2v) is 6.47. The number of fused-ring (bicyclic) bond motifs is 1. The van der Waals surface area contributed by atoms with Crippen molar-refractivity contribution < 1.29 is 4.79 Å². The first kappa shape index (κ1) is 16.0. The number of amides is 1. The standard InChI is InChI=1S/C19H21ClN2O/c1-13-17(20)8-5-9-18(13)21-19(23)14(2)22-11-10-15-6-3-4-7-16(15)12-22/h3-9,14H,10-12H2,1-2H3,(H,21,23)/t14-/m1/s1. The molecule has 0 radical (unpaired) electrons. The summed E-state index contributed by atoms with van der Waals surface area (Å²) in [5.74, 6) is 0.00903. The lowest BCUT2D eigenvalue weighted by Crippen LogP contribution is -2.44. The van der Waals surface area contributed by atoms with Crippen LogP contribution in [0.5, 0.6) is 0 Å². The van der Waals surface area contributed by atoms with Crippen LogP contribution in [0, 0.1) is 6.92 Å². The van der Waals surface area contributed by atoms with Crippen LogP contribution in [0.4, 0.5) is 5.69 Å². The Hall–Kier alpha value is -1.84. The molecule has 0 bridgehead atoms. The lowest BCUT2D eigenvalue weighted by atomic mass is 9.98. The Bertz CT molecular complexity index is 729. The molecule has 3 nitrogen and oxygen atoms in total. The molecule has 0 spiro atoms. The average Bonchev–Trinajstić information content (AvgIpc) is 2.57. The number of carbonyl (C=O) groups excluding carboxylic acids is 1. The lowest BCUT2D eigenvalue weighted by Gasteiger charge is -2.33. The monoisotopic (exact) mass is 328 g/mol. The van der Waals surface area contributed by atoms with Gasteiger partial charge in [-0.05, 0) is 49.1 Å². The van der Waals surface area contributed by atoms with Crippen LogP contribution in [0.3, 0.4) is 0 Å². The predicted octanol–water partition coefficient (Wildman–Crippen LogP) is 4.03. The van der Waals surface area contributed by atoms with Gasteiger partial charge < -0.3 is 5.32 Å². The van der Waals surface area contributed by atoms with Gasteiger partial charge in [0.25, 0.3) is 0 Å². The Labute approximate surface area is 142 Å². The first-order valence-corrected chi connectivity index (χ1v) is 8.31. The zero-order valence-electron chi connectivity index (χ0n) is 13.5. The summed E-state index contributed by atoms with van der Waals surface area (Å²) in [7, 11) is 0. The summed E-state index contributed by atoms with van der Waals surface area (Å²) in [6, 6.07) is 13.8. The Morgan fingerprint density at radius 2 is 1.91 bits per heavy atom. The largest absolute Gasteiger partial charge is 0.324 e. The molecule has 120 valence electrons. The van der Waals surface area contributed by atoms with Crippen LogP contribution in [0.1, 0.15) is 23.6 Å². The van der Waals surface area contributed by atoms with Crippen molar-refractivity contribution in [2.45, 2.75) is 32.9 Å². The summed E-state index contributed by atoms with van der Waals surface area (Å²) in [4.78, 5) is 14.8. The topological polar surface area (TPSA) is 32.3 Å². The molecule has 23 heavy (non-hydrogen) atoms. The molecule has 0 aliphatic carbocycles. The van der Waals surface area contributed by atoms with Gasteiger partial charge in [0, 0.05) is 23.8 Å². The number of nitrogens with one attached hydrogen (secondary N) is 1. The van der Waals surface area contributed by atoms with E-state index in [1.54, 1.807) is 0 Å². The van der Waals surface area contributed by atoms with Gasteiger partial charge in [0.15, 0.2) is 0 Å². The van der Waals surface area contributed by atoms with Crippen molar-refractivity contribution in [3.8, 4) is 0 Å². The van der Waals surface area contributed by atoms with Crippen molar-refractivity contribution in [3.05, 3.63) is 64.2 Å². The molecule has 0 fully saturated rings. The fourth-order valence-electron chi connectivity index (χ4n) is 2.99. The first-order valence-electron chi connectivity index (χ1n) is 7.93. The molecule has 3 rings (SSSR count). The molecular formula is C19H21ClN2O. The van der Waals surface area contributed by atoms with E-state index < -0.39 is 0 Å². The number of rotatable bonds is 3. The normalized spacial score (nSPS) is 15.8. The highest BCUT2D eigenvalue weighted by Crippen LogP contribution is 2.24. The van der Waals surface area contributed by atoms with E-state index in [0.29, 0.717) is 5.02 Å². The summed E-state index contributed by atoms with van der Waals surface area (Å²) in [5.41, 5.74) is 4.39. The fraction of sp³-hybridized carbons (Fsp3) is 0.316. The smallest absolute Gasteiger partial charge is 0.241 e. The second-order valence-electron chi connectivity index (χ2n) is 6.07. The van der Waals surface area contributed by atoms with Crippen LogP contribution >= 0.6 is 11.6 Å². The third kappa shape index (κ3) is 3.41. The van der Waals surface area contributed by atoms with E-state index in [9.17, 15) is 4.79 Å². The molecule has 0 saturated heterocycles. The lowest BCUT2D eigenvalue weighted by molar-refractivity contribution is -0.121. The van der Waals surface area contributed by atoms with E-state index in [4.69, 9.17) is 11.6 Å². The maximum atomic E-state index is 12.6. The van der Waals surface area contributed by atoms with Crippen LogP contribution in [0.15, 0.2) is 42.5 Å². The highest BCUT2D eigenvalue weighted by molar-refractivity contribution is 6.31. The minimum atomic E-state index is -0.179. The highest BCUT2D eigenvalue weighted by atomic mass is 35.5. The molecule has 0 aromatic heterocycles. The van der Waals surface area contributed by atoms with Gasteiger partial charge in [0.1, 0.15) is 0 Å². The van der Waals surface area contributed by atoms with Crippen molar-refractivity contribution >= 4 is 23.2 Å². The van der Waals surface area contributed by atoms with Crippen LogP contribution in [-0.2, 0) is 17.8 Å². The summed E-state index contributed by atoms with van der Waals surface area (Å²) in [6.45, 7) is 5.60.